The molecule has 0 aliphatic carbocycles. The first-order valence-corrected chi connectivity index (χ1v) is 15.4. The minimum atomic E-state index is -0.829. The Hall–Kier alpha value is -5.41. The van der Waals surface area contributed by atoms with Crippen molar-refractivity contribution in [1.29, 1.82) is 0 Å². The van der Waals surface area contributed by atoms with Crippen molar-refractivity contribution in [2.45, 2.75) is 65.1 Å². The van der Waals surface area contributed by atoms with Gasteiger partial charge >= 0.3 is 0 Å². The maximum absolute atomic E-state index is 13.9. The molecule has 5 heterocycles. The van der Waals surface area contributed by atoms with Crippen LogP contribution in [0.1, 0.15) is 67.0 Å². The molecule has 0 bridgehead atoms. The number of benzene rings is 1. The molecule has 0 radical (unpaired) electrons. The SMILES string of the molecule is Cc1nc2n(n1)CCN(C(=O)c1nc(-n3cnnc3)n[nH]1)CCCC(=O)N[C@H](Cc1c[nH]c3ccccc13)C(=O)N[C@H]2CC(C)C. The zero-order valence-corrected chi connectivity index (χ0v) is 26.0. The van der Waals surface area contributed by atoms with Crippen LogP contribution in [0.5, 0.6) is 0 Å². The Kier molecular flexibility index (Phi) is 8.85. The zero-order chi connectivity index (χ0) is 32.2. The predicted molar refractivity (Wildman–Crippen MR) is 165 cm³/mol. The molecule has 3 amide bonds. The normalized spacial score (nSPS) is 18.3. The van der Waals surface area contributed by atoms with Gasteiger partial charge in [0, 0.05) is 43.0 Å². The number of hydrogen-bond acceptors (Lipinski definition) is 9. The molecule has 4 aromatic heterocycles. The molecule has 16 heteroatoms. The second kappa shape index (κ2) is 13.3. The smallest absolute Gasteiger partial charge is 0.291 e. The number of para-hydroxylation sites is 1. The van der Waals surface area contributed by atoms with E-state index < -0.39 is 12.1 Å². The quantitative estimate of drug-likeness (QED) is 0.216. The summed E-state index contributed by atoms with van der Waals surface area (Å²) in [4.78, 5) is 54.7. The van der Waals surface area contributed by atoms with Crippen molar-refractivity contribution in [2.24, 2.45) is 5.92 Å². The molecule has 2 atom stereocenters. The molecule has 4 N–H and O–H groups in total. The topological polar surface area (TPSA) is 197 Å². The van der Waals surface area contributed by atoms with Gasteiger partial charge in [-0.05, 0) is 37.3 Å². The maximum atomic E-state index is 13.9. The fraction of sp³-hybridized carbons (Fsp3) is 0.433. The van der Waals surface area contributed by atoms with E-state index in [1.807, 2.05) is 30.5 Å². The number of hydrogen-bond donors (Lipinski definition) is 4. The van der Waals surface area contributed by atoms with Gasteiger partial charge < -0.3 is 20.5 Å². The van der Waals surface area contributed by atoms with Crippen molar-refractivity contribution < 1.29 is 14.4 Å². The number of aromatic nitrogens is 10. The highest BCUT2D eigenvalue weighted by atomic mass is 16.2. The van der Waals surface area contributed by atoms with Gasteiger partial charge in [0.15, 0.2) is 0 Å². The van der Waals surface area contributed by atoms with Crippen molar-refractivity contribution in [3.63, 3.8) is 0 Å². The standard InChI is InChI=1S/C30H37N13O3/c1-18(2)13-23-27-34-19(3)40-43(27)12-11-41(29(46)26-37-30(39-38-26)42-16-32-33-17-42)10-6-9-25(44)35-24(28(45)36-23)14-20-15-31-22-8-5-4-7-21(20)22/h4-5,7-8,15-18,23-24,31H,6,9-14H2,1-3H3,(H,35,44)(H,36,45)(H,37,38,39)/t23-,24+/m0/s1. The molecule has 0 unspecified atom stereocenters. The highest BCUT2D eigenvalue weighted by molar-refractivity contribution is 5.91. The van der Waals surface area contributed by atoms with Gasteiger partial charge in [-0.15, -0.1) is 15.3 Å². The average molecular weight is 628 g/mol. The van der Waals surface area contributed by atoms with Crippen LogP contribution in [0.3, 0.4) is 0 Å². The van der Waals surface area contributed by atoms with E-state index in [0.29, 0.717) is 37.5 Å². The summed E-state index contributed by atoms with van der Waals surface area (Å²) in [6.07, 6.45) is 6.13. The van der Waals surface area contributed by atoms with Crippen molar-refractivity contribution in [2.75, 3.05) is 13.1 Å². The van der Waals surface area contributed by atoms with E-state index in [0.717, 1.165) is 16.5 Å². The molecule has 1 aliphatic rings. The Labute approximate surface area is 264 Å². The lowest BCUT2D eigenvalue weighted by Gasteiger charge is -2.27. The molecule has 0 saturated carbocycles. The number of H-pyrrole nitrogens is 2. The van der Waals surface area contributed by atoms with Crippen LogP contribution < -0.4 is 10.6 Å². The molecule has 6 rings (SSSR count). The third-order valence-corrected chi connectivity index (χ3v) is 7.92. The van der Waals surface area contributed by atoms with Crippen LogP contribution in [0.4, 0.5) is 0 Å². The molecule has 1 aromatic carbocycles. The summed E-state index contributed by atoms with van der Waals surface area (Å²) in [7, 11) is 0. The summed E-state index contributed by atoms with van der Waals surface area (Å²) in [5.41, 5.74) is 1.88. The lowest BCUT2D eigenvalue weighted by molar-refractivity contribution is -0.129. The molecule has 5 aromatic rings. The van der Waals surface area contributed by atoms with Crippen LogP contribution >= 0.6 is 0 Å². The first-order chi connectivity index (χ1) is 22.2. The van der Waals surface area contributed by atoms with E-state index in [2.05, 4.69) is 59.9 Å². The number of rotatable bonds is 6. The molecular formula is C30H37N13O3. The largest absolute Gasteiger partial charge is 0.361 e. The summed E-state index contributed by atoms with van der Waals surface area (Å²) in [5.74, 6) is 0.708. The van der Waals surface area contributed by atoms with Crippen molar-refractivity contribution in [3.05, 3.63) is 66.2 Å². The Morgan fingerprint density at radius 2 is 1.83 bits per heavy atom. The average Bonchev–Trinajstić information content (AvgIpc) is 3.84. The predicted octanol–water partition coefficient (Wildman–Crippen LogP) is 1.63. The Morgan fingerprint density at radius 1 is 1.02 bits per heavy atom. The van der Waals surface area contributed by atoms with Gasteiger partial charge in [0.25, 0.3) is 11.9 Å². The Morgan fingerprint density at radius 3 is 2.63 bits per heavy atom. The number of amides is 3. The molecular weight excluding hydrogens is 590 g/mol. The summed E-state index contributed by atoms with van der Waals surface area (Å²) >= 11 is 0. The molecule has 240 valence electrons. The molecule has 0 fully saturated rings. The van der Waals surface area contributed by atoms with Gasteiger partial charge in [0.05, 0.1) is 12.6 Å². The van der Waals surface area contributed by atoms with E-state index in [4.69, 9.17) is 4.98 Å². The molecule has 0 saturated heterocycles. The van der Waals surface area contributed by atoms with E-state index in [1.165, 1.54) is 17.2 Å². The monoisotopic (exact) mass is 627 g/mol. The van der Waals surface area contributed by atoms with E-state index in [-0.39, 0.29) is 54.9 Å². The first kappa shape index (κ1) is 30.6. The van der Waals surface area contributed by atoms with Gasteiger partial charge in [-0.25, -0.2) is 9.67 Å². The number of carbonyl (C=O) groups excluding carboxylic acids is 3. The van der Waals surface area contributed by atoms with E-state index >= 15 is 0 Å². The lowest BCUT2D eigenvalue weighted by atomic mass is 10.0. The number of aryl methyl sites for hydroxylation is 1. The summed E-state index contributed by atoms with van der Waals surface area (Å²) < 4.78 is 3.24. The van der Waals surface area contributed by atoms with Crippen LogP contribution in [0.15, 0.2) is 43.1 Å². The number of fused-ring (bicyclic) bond motifs is 2. The molecule has 0 spiro atoms. The fourth-order valence-corrected chi connectivity index (χ4v) is 5.74. The first-order valence-electron chi connectivity index (χ1n) is 15.4. The lowest BCUT2D eigenvalue weighted by Crippen LogP contribution is -2.49. The number of carbonyl (C=O) groups is 3. The maximum Gasteiger partial charge on any atom is 0.291 e. The summed E-state index contributed by atoms with van der Waals surface area (Å²) in [6, 6.07) is 6.56. The molecule has 16 nitrogen and oxygen atoms in total. The van der Waals surface area contributed by atoms with Gasteiger partial charge in [-0.3, -0.25) is 24.0 Å². The van der Waals surface area contributed by atoms with Crippen LogP contribution in [0, 0.1) is 12.8 Å². The number of nitrogens with zero attached hydrogens (tertiary/aromatic N) is 9. The second-order valence-corrected chi connectivity index (χ2v) is 11.9. The third kappa shape index (κ3) is 6.79. The van der Waals surface area contributed by atoms with Crippen LogP contribution in [0.25, 0.3) is 16.9 Å². The zero-order valence-electron chi connectivity index (χ0n) is 26.0. The Bertz CT molecular complexity index is 1820. The fourth-order valence-electron chi connectivity index (χ4n) is 5.74. The second-order valence-electron chi connectivity index (χ2n) is 11.9. The minimum absolute atomic E-state index is 0.0491. The van der Waals surface area contributed by atoms with Crippen LogP contribution in [0.2, 0.25) is 0 Å². The molecule has 46 heavy (non-hydrogen) atoms. The molecule has 1 aliphatic heterocycles. The van der Waals surface area contributed by atoms with Crippen molar-refractivity contribution in [3.8, 4) is 5.95 Å². The van der Waals surface area contributed by atoms with E-state index in [1.54, 1.807) is 16.5 Å². The van der Waals surface area contributed by atoms with Gasteiger partial charge in [-0.1, -0.05) is 32.0 Å². The third-order valence-electron chi connectivity index (χ3n) is 7.92. The van der Waals surface area contributed by atoms with Crippen LogP contribution in [-0.4, -0.2) is 91.4 Å². The number of nitrogens with one attached hydrogen (secondary N) is 4. The number of aromatic amines is 2. The summed E-state index contributed by atoms with van der Waals surface area (Å²) in [6.45, 7) is 6.80. The van der Waals surface area contributed by atoms with Crippen molar-refractivity contribution in [1.82, 2.24) is 65.2 Å². The highest BCUT2D eigenvalue weighted by Gasteiger charge is 2.30. The van der Waals surface area contributed by atoms with Gasteiger partial charge in [0.2, 0.25) is 17.6 Å². The van der Waals surface area contributed by atoms with Gasteiger partial charge in [0.1, 0.15) is 30.3 Å². The van der Waals surface area contributed by atoms with Crippen molar-refractivity contribution >= 4 is 28.6 Å². The van der Waals surface area contributed by atoms with E-state index in [9.17, 15) is 14.4 Å². The Balaban J connectivity index is 1.29. The summed E-state index contributed by atoms with van der Waals surface area (Å²) in [5, 5.41) is 26.1. The van der Waals surface area contributed by atoms with Crippen LogP contribution in [-0.2, 0) is 22.6 Å². The minimum Gasteiger partial charge on any atom is -0.361 e. The highest BCUT2D eigenvalue weighted by Crippen LogP contribution is 2.23. The van der Waals surface area contributed by atoms with Gasteiger partial charge in [-0.2, -0.15) is 10.1 Å².